The van der Waals surface area contributed by atoms with E-state index in [1.807, 2.05) is 0 Å². The first-order valence-corrected chi connectivity index (χ1v) is 4.58. The molecule has 0 aliphatic rings. The van der Waals surface area contributed by atoms with Crippen LogP contribution < -0.4 is 0 Å². The number of benzene rings is 1. The van der Waals surface area contributed by atoms with Gasteiger partial charge in [0.15, 0.2) is 0 Å². The third kappa shape index (κ3) is 2.60. The van der Waals surface area contributed by atoms with Crippen molar-refractivity contribution < 1.29 is 14.3 Å². The Bertz CT molecular complexity index is 392. The van der Waals surface area contributed by atoms with Crippen molar-refractivity contribution in [2.45, 2.75) is 0 Å². The van der Waals surface area contributed by atoms with Crippen LogP contribution in [0.1, 0.15) is 15.9 Å². The lowest BCUT2D eigenvalue weighted by atomic mass is 10.1. The van der Waals surface area contributed by atoms with Crippen LogP contribution in [0.3, 0.4) is 0 Å². The molecule has 0 aliphatic carbocycles. The van der Waals surface area contributed by atoms with Gasteiger partial charge in [-0.05, 0) is 6.07 Å². The zero-order chi connectivity index (χ0) is 12.0. The summed E-state index contributed by atoms with van der Waals surface area (Å²) in [5.41, 5.74) is 0.934. The predicted octanol–water partition coefficient (Wildman–Crippen LogP) is 3.12. The van der Waals surface area contributed by atoms with Gasteiger partial charge in [0.25, 0.3) is 0 Å². The zero-order valence-corrected chi connectivity index (χ0v) is 8.81. The maximum absolute atomic E-state index is 11.6. The normalized spacial score (nSPS) is 9.00. The summed E-state index contributed by atoms with van der Waals surface area (Å²) in [4.78, 5) is 11.6. The Morgan fingerprint density at radius 1 is 1.06 bits per heavy atom. The maximum Gasteiger partial charge on any atom is 0.343 e. The molecule has 16 heavy (non-hydrogen) atoms. The highest BCUT2D eigenvalue weighted by atomic mass is 16.5. The summed E-state index contributed by atoms with van der Waals surface area (Å²) in [5.74, 6) is -0.161. The van der Waals surface area contributed by atoms with Crippen molar-refractivity contribution in [3.63, 3.8) is 0 Å². The highest BCUT2D eigenvalue weighted by Gasteiger charge is 2.13. The molecule has 0 atom stereocenters. The first-order chi connectivity index (χ1) is 7.70. The molecular formula is C13H12O3. The minimum absolute atomic E-state index is 0.339. The Kier molecular flexibility index (Phi) is 4.09. The minimum Gasteiger partial charge on any atom is -0.466 e. The highest BCUT2D eigenvalue weighted by Crippen LogP contribution is 2.19. The van der Waals surface area contributed by atoms with Gasteiger partial charge in [0.05, 0.1) is 18.1 Å². The van der Waals surface area contributed by atoms with Gasteiger partial charge in [-0.1, -0.05) is 37.9 Å². The molecule has 0 amide bonds. The molecule has 0 saturated heterocycles. The molecule has 82 valence electrons. The highest BCUT2D eigenvalue weighted by molar-refractivity contribution is 5.94. The fourth-order valence-corrected chi connectivity index (χ4v) is 1.21. The fraction of sp³-hybridized carbons (Fsp3) is 0. The zero-order valence-electron chi connectivity index (χ0n) is 8.81. The van der Waals surface area contributed by atoms with Crippen LogP contribution in [0.4, 0.5) is 0 Å². The summed E-state index contributed by atoms with van der Waals surface area (Å²) in [7, 11) is 0. The van der Waals surface area contributed by atoms with Gasteiger partial charge < -0.3 is 9.47 Å². The molecule has 0 saturated carbocycles. The van der Waals surface area contributed by atoms with Crippen LogP contribution in [0.5, 0.6) is 0 Å². The van der Waals surface area contributed by atoms with E-state index in [0.29, 0.717) is 16.9 Å². The van der Waals surface area contributed by atoms with Crippen LogP contribution >= 0.6 is 0 Å². The molecule has 0 bridgehead atoms. The predicted molar refractivity (Wildman–Crippen MR) is 62.4 cm³/mol. The van der Waals surface area contributed by atoms with Gasteiger partial charge in [0.2, 0.25) is 0 Å². The summed E-state index contributed by atoms with van der Waals surface area (Å²) < 4.78 is 9.73. The average Bonchev–Trinajstić information content (AvgIpc) is 2.30. The summed E-state index contributed by atoms with van der Waals surface area (Å²) >= 11 is 0. The van der Waals surface area contributed by atoms with Crippen molar-refractivity contribution in [1.82, 2.24) is 0 Å². The lowest BCUT2D eigenvalue weighted by Gasteiger charge is -2.08. The van der Waals surface area contributed by atoms with Gasteiger partial charge in [-0.25, -0.2) is 4.79 Å². The van der Waals surface area contributed by atoms with E-state index in [9.17, 15) is 4.79 Å². The number of carbonyl (C=O) groups excluding carboxylic acids is 1. The fourth-order valence-electron chi connectivity index (χ4n) is 1.21. The Labute approximate surface area is 94.3 Å². The Morgan fingerprint density at radius 2 is 1.62 bits per heavy atom. The van der Waals surface area contributed by atoms with E-state index in [0.717, 1.165) is 6.26 Å². The number of carbonyl (C=O) groups is 1. The van der Waals surface area contributed by atoms with E-state index in [-0.39, 0.29) is 0 Å². The quantitative estimate of drug-likeness (QED) is 0.560. The Hall–Kier alpha value is -2.29. The van der Waals surface area contributed by atoms with Gasteiger partial charge in [0, 0.05) is 5.56 Å². The van der Waals surface area contributed by atoms with Crippen LogP contribution in [0.2, 0.25) is 0 Å². The van der Waals surface area contributed by atoms with Crippen molar-refractivity contribution >= 4 is 11.7 Å². The second-order valence-electron chi connectivity index (χ2n) is 2.83. The van der Waals surface area contributed by atoms with Crippen molar-refractivity contribution in [2.24, 2.45) is 0 Å². The van der Waals surface area contributed by atoms with Crippen molar-refractivity contribution in [3.8, 4) is 0 Å². The van der Waals surface area contributed by atoms with Crippen LogP contribution in [-0.2, 0) is 9.47 Å². The first-order valence-electron chi connectivity index (χ1n) is 4.58. The number of ether oxygens (including phenoxy) is 2. The van der Waals surface area contributed by atoms with E-state index in [1.54, 1.807) is 24.3 Å². The first kappa shape index (κ1) is 11.8. The van der Waals surface area contributed by atoms with Crippen LogP contribution in [0.15, 0.2) is 56.5 Å². The number of esters is 1. The molecule has 3 nitrogen and oxygen atoms in total. The number of hydrogen-bond acceptors (Lipinski definition) is 3. The van der Waals surface area contributed by atoms with Crippen LogP contribution in [0, 0.1) is 0 Å². The smallest absolute Gasteiger partial charge is 0.343 e. The summed E-state index contributed by atoms with van der Waals surface area (Å²) in [6.07, 6.45) is 2.33. The third-order valence-corrected chi connectivity index (χ3v) is 1.86. The Balaban J connectivity index is 3.09. The SMILES string of the molecule is C=COC(=C)c1ccccc1C(=O)OC=C. The molecule has 0 fully saturated rings. The van der Waals surface area contributed by atoms with E-state index in [2.05, 4.69) is 19.7 Å². The molecular weight excluding hydrogens is 204 g/mol. The van der Waals surface area contributed by atoms with E-state index in [1.165, 1.54) is 6.26 Å². The van der Waals surface area contributed by atoms with Gasteiger partial charge >= 0.3 is 5.97 Å². The second kappa shape index (κ2) is 5.56. The molecule has 3 heteroatoms. The molecule has 0 N–H and O–H groups in total. The average molecular weight is 216 g/mol. The van der Waals surface area contributed by atoms with Gasteiger partial charge in [-0.3, -0.25) is 0 Å². The monoisotopic (exact) mass is 216 g/mol. The van der Waals surface area contributed by atoms with Gasteiger partial charge in [0.1, 0.15) is 5.76 Å². The van der Waals surface area contributed by atoms with Crippen LogP contribution in [-0.4, -0.2) is 5.97 Å². The summed E-state index contributed by atoms with van der Waals surface area (Å²) in [6.45, 7) is 10.4. The lowest BCUT2D eigenvalue weighted by Crippen LogP contribution is -2.04. The maximum atomic E-state index is 11.6. The van der Waals surface area contributed by atoms with Crippen molar-refractivity contribution in [1.29, 1.82) is 0 Å². The molecule has 0 spiro atoms. The largest absolute Gasteiger partial charge is 0.466 e. The Morgan fingerprint density at radius 3 is 2.19 bits per heavy atom. The summed E-state index contributed by atoms with van der Waals surface area (Å²) in [5, 5.41) is 0. The topological polar surface area (TPSA) is 35.5 Å². The standard InChI is InChI=1S/C13H12O3/c1-4-15-10(3)11-8-6-7-9-12(11)13(14)16-5-2/h4-9H,1-3H2. The van der Waals surface area contributed by atoms with E-state index in [4.69, 9.17) is 9.47 Å². The van der Waals surface area contributed by atoms with Gasteiger partial charge in [-0.2, -0.15) is 0 Å². The molecule has 0 aliphatic heterocycles. The molecule has 1 aromatic rings. The molecule has 0 aromatic heterocycles. The minimum atomic E-state index is -0.501. The number of hydrogen-bond donors (Lipinski definition) is 0. The van der Waals surface area contributed by atoms with Crippen molar-refractivity contribution in [3.05, 3.63) is 67.7 Å². The second-order valence-corrected chi connectivity index (χ2v) is 2.83. The summed E-state index contributed by atoms with van der Waals surface area (Å²) in [6, 6.07) is 6.84. The third-order valence-electron chi connectivity index (χ3n) is 1.86. The van der Waals surface area contributed by atoms with E-state index < -0.39 is 5.97 Å². The molecule has 0 unspecified atom stereocenters. The molecule has 0 radical (unpaired) electrons. The number of rotatable bonds is 5. The van der Waals surface area contributed by atoms with Gasteiger partial charge in [-0.15, -0.1) is 0 Å². The lowest BCUT2D eigenvalue weighted by molar-refractivity contribution is 0.0663. The van der Waals surface area contributed by atoms with E-state index >= 15 is 0 Å². The molecule has 0 heterocycles. The molecule has 1 aromatic carbocycles. The van der Waals surface area contributed by atoms with Crippen molar-refractivity contribution in [2.75, 3.05) is 0 Å². The van der Waals surface area contributed by atoms with Crippen LogP contribution in [0.25, 0.3) is 5.76 Å². The molecule has 1 rings (SSSR count).